The van der Waals surface area contributed by atoms with Crippen molar-refractivity contribution >= 4 is 43.1 Å². The normalized spacial score (nSPS) is 9.68. The Bertz CT molecular complexity index is 637. The van der Waals surface area contributed by atoms with E-state index >= 15 is 0 Å². The molecular formula is C14H10N2RuS2+3. The van der Waals surface area contributed by atoms with Gasteiger partial charge in [-0.2, -0.15) is 0 Å². The van der Waals surface area contributed by atoms with Gasteiger partial charge in [-0.25, -0.2) is 9.97 Å². The zero-order valence-corrected chi connectivity index (χ0v) is 13.2. The van der Waals surface area contributed by atoms with Gasteiger partial charge in [0.25, 0.3) is 0 Å². The van der Waals surface area contributed by atoms with Crippen molar-refractivity contribution in [3.8, 4) is 0 Å². The van der Waals surface area contributed by atoms with Crippen LogP contribution in [0, 0.1) is 0 Å². The fourth-order valence-electron chi connectivity index (χ4n) is 1.61. The molecular weight excluding hydrogens is 361 g/mol. The van der Waals surface area contributed by atoms with Crippen LogP contribution in [0.3, 0.4) is 0 Å². The number of hydrogen-bond donors (Lipinski definition) is 0. The Hall–Kier alpha value is -1.16. The van der Waals surface area contributed by atoms with E-state index < -0.39 is 0 Å². The number of thiazole rings is 2. The van der Waals surface area contributed by atoms with Crippen molar-refractivity contribution < 1.29 is 19.5 Å². The Kier molecular flexibility index (Phi) is 5.14. The van der Waals surface area contributed by atoms with E-state index in [4.69, 9.17) is 0 Å². The summed E-state index contributed by atoms with van der Waals surface area (Å²) in [6.07, 6.45) is 0. The fraction of sp³-hybridized carbons (Fsp3) is 0. The van der Waals surface area contributed by atoms with Crippen molar-refractivity contribution in [2.45, 2.75) is 0 Å². The average molecular weight is 371 g/mol. The van der Waals surface area contributed by atoms with E-state index in [0.717, 1.165) is 11.0 Å². The first-order valence-corrected chi connectivity index (χ1v) is 7.26. The molecule has 0 saturated heterocycles. The Morgan fingerprint density at radius 2 is 1.05 bits per heavy atom. The van der Waals surface area contributed by atoms with Crippen LogP contribution < -0.4 is 0 Å². The minimum Gasteiger partial charge on any atom is -0.245 e. The number of rotatable bonds is 0. The minimum atomic E-state index is 0. The van der Waals surface area contributed by atoms with Crippen LogP contribution in [0.25, 0.3) is 20.4 Å². The molecule has 0 aliphatic carbocycles. The summed E-state index contributed by atoms with van der Waals surface area (Å²) in [7, 11) is 0. The Labute approximate surface area is 131 Å². The monoisotopic (exact) mass is 372 g/mol. The van der Waals surface area contributed by atoms with Gasteiger partial charge in [-0.15, -0.1) is 22.7 Å². The maximum atomic E-state index is 4.14. The summed E-state index contributed by atoms with van der Waals surface area (Å²) in [6, 6.07) is 16.3. The van der Waals surface area contributed by atoms with Crippen molar-refractivity contribution in [1.82, 2.24) is 9.97 Å². The second-order valence-corrected chi connectivity index (χ2v) is 5.41. The molecule has 0 fully saturated rings. The molecule has 0 atom stereocenters. The molecule has 0 N–H and O–H groups in total. The maximum absolute atomic E-state index is 4.14. The number of benzene rings is 2. The molecule has 93 valence electrons. The average Bonchev–Trinajstić information content (AvgIpc) is 3.08. The Balaban J connectivity index is 0.000000133. The molecule has 2 heterocycles. The fourth-order valence-corrected chi connectivity index (χ4v) is 2.96. The van der Waals surface area contributed by atoms with Gasteiger partial charge in [0, 0.05) is 0 Å². The van der Waals surface area contributed by atoms with E-state index in [9.17, 15) is 0 Å². The summed E-state index contributed by atoms with van der Waals surface area (Å²) in [5, 5.41) is 0. The van der Waals surface area contributed by atoms with Gasteiger partial charge >= 0.3 is 19.5 Å². The molecule has 1 radical (unpaired) electrons. The second kappa shape index (κ2) is 6.85. The molecule has 0 spiro atoms. The molecule has 4 aromatic rings. The smallest absolute Gasteiger partial charge is 0.245 e. The standard InChI is InChI=1S/2C7H5NS.Ru/c2*1-2-4-7-6(3-1)8-5-9-7;/h2*1-5H;/q;;+3. The number of aromatic nitrogens is 2. The van der Waals surface area contributed by atoms with Gasteiger partial charge in [-0.1, -0.05) is 24.3 Å². The summed E-state index contributed by atoms with van der Waals surface area (Å²) >= 11 is 3.35. The van der Waals surface area contributed by atoms with Gasteiger partial charge in [0.15, 0.2) is 0 Å². The summed E-state index contributed by atoms with van der Waals surface area (Å²) in [4.78, 5) is 8.27. The molecule has 0 aliphatic heterocycles. The van der Waals surface area contributed by atoms with Gasteiger partial charge < -0.3 is 0 Å². The van der Waals surface area contributed by atoms with Crippen molar-refractivity contribution in [1.29, 1.82) is 0 Å². The first-order valence-electron chi connectivity index (χ1n) is 5.50. The van der Waals surface area contributed by atoms with Crippen LogP contribution in [0.15, 0.2) is 59.6 Å². The molecule has 0 unspecified atom stereocenters. The summed E-state index contributed by atoms with van der Waals surface area (Å²) in [5.41, 5.74) is 5.93. The van der Waals surface area contributed by atoms with E-state index in [1.807, 2.05) is 47.4 Å². The van der Waals surface area contributed by atoms with E-state index in [1.54, 1.807) is 22.7 Å². The van der Waals surface area contributed by atoms with E-state index in [0.29, 0.717) is 0 Å². The molecule has 19 heavy (non-hydrogen) atoms. The van der Waals surface area contributed by atoms with Gasteiger partial charge in [0.05, 0.1) is 31.5 Å². The van der Waals surface area contributed by atoms with Crippen LogP contribution in [0.1, 0.15) is 0 Å². The van der Waals surface area contributed by atoms with Gasteiger partial charge in [0.2, 0.25) is 0 Å². The summed E-state index contributed by atoms with van der Waals surface area (Å²) < 4.78 is 2.52. The third kappa shape index (κ3) is 3.44. The molecule has 0 bridgehead atoms. The van der Waals surface area contributed by atoms with Gasteiger partial charge in [-0.3, -0.25) is 0 Å². The van der Waals surface area contributed by atoms with E-state index in [2.05, 4.69) is 22.1 Å². The third-order valence-corrected chi connectivity index (χ3v) is 4.09. The molecule has 2 aromatic carbocycles. The van der Waals surface area contributed by atoms with Crippen LogP contribution in [0.4, 0.5) is 0 Å². The first kappa shape index (κ1) is 14.3. The predicted molar refractivity (Wildman–Crippen MR) is 79.2 cm³/mol. The quantitative estimate of drug-likeness (QED) is 0.423. The summed E-state index contributed by atoms with van der Waals surface area (Å²) in [6.45, 7) is 0. The zero-order chi connectivity index (χ0) is 12.2. The molecule has 5 heteroatoms. The Morgan fingerprint density at radius 1 is 0.632 bits per heavy atom. The molecule has 0 aliphatic rings. The second-order valence-electron chi connectivity index (χ2n) is 3.64. The number of fused-ring (bicyclic) bond motifs is 2. The molecule has 2 aromatic heterocycles. The Morgan fingerprint density at radius 3 is 1.47 bits per heavy atom. The summed E-state index contributed by atoms with van der Waals surface area (Å²) in [5.74, 6) is 0. The molecule has 0 amide bonds. The number of hydrogen-bond acceptors (Lipinski definition) is 4. The predicted octanol–water partition coefficient (Wildman–Crippen LogP) is 4.59. The minimum absolute atomic E-state index is 0. The van der Waals surface area contributed by atoms with Crippen molar-refractivity contribution in [3.05, 3.63) is 59.6 Å². The zero-order valence-electron chi connectivity index (χ0n) is 9.84. The maximum Gasteiger partial charge on any atom is 3.00 e. The molecule has 2 nitrogen and oxygen atoms in total. The SMILES string of the molecule is [Ru+3].c1ccc2scnc2c1.c1ccc2scnc2c1. The van der Waals surface area contributed by atoms with Crippen molar-refractivity contribution in [3.63, 3.8) is 0 Å². The van der Waals surface area contributed by atoms with Crippen LogP contribution in [0.5, 0.6) is 0 Å². The van der Waals surface area contributed by atoms with Crippen molar-refractivity contribution in [2.24, 2.45) is 0 Å². The molecule has 4 rings (SSSR count). The van der Waals surface area contributed by atoms with Crippen LogP contribution >= 0.6 is 22.7 Å². The van der Waals surface area contributed by atoms with Crippen LogP contribution in [-0.2, 0) is 19.5 Å². The molecule has 0 saturated carbocycles. The first-order chi connectivity index (χ1) is 8.93. The third-order valence-electron chi connectivity index (χ3n) is 2.47. The van der Waals surface area contributed by atoms with Crippen molar-refractivity contribution in [2.75, 3.05) is 0 Å². The topological polar surface area (TPSA) is 25.8 Å². The number of nitrogens with zero attached hydrogens (tertiary/aromatic N) is 2. The van der Waals surface area contributed by atoms with Gasteiger partial charge in [0.1, 0.15) is 0 Å². The van der Waals surface area contributed by atoms with Crippen LogP contribution in [0.2, 0.25) is 0 Å². The number of para-hydroxylation sites is 2. The van der Waals surface area contributed by atoms with Crippen LogP contribution in [-0.4, -0.2) is 9.97 Å². The van der Waals surface area contributed by atoms with E-state index in [1.165, 1.54) is 9.40 Å². The largest absolute Gasteiger partial charge is 3.00 e. The van der Waals surface area contributed by atoms with E-state index in [-0.39, 0.29) is 19.5 Å². The van der Waals surface area contributed by atoms with Gasteiger partial charge in [-0.05, 0) is 24.3 Å².